The van der Waals surface area contributed by atoms with Gasteiger partial charge < -0.3 is 14.2 Å². The zero-order chi connectivity index (χ0) is 52.9. The molecule has 0 saturated heterocycles. The maximum atomic E-state index is 12.8. The Morgan fingerprint density at radius 3 is 0.877 bits per heavy atom. The second-order valence-electron chi connectivity index (χ2n) is 20.6. The van der Waals surface area contributed by atoms with Gasteiger partial charge in [0.2, 0.25) is 0 Å². The Kier molecular flexibility index (Phi) is 58.3. The van der Waals surface area contributed by atoms with Crippen LogP contribution >= 0.6 is 0 Å². The average molecular weight is 1020 g/mol. The molecular formula is C67H116O6. The van der Waals surface area contributed by atoms with Crippen LogP contribution in [0.5, 0.6) is 0 Å². The molecule has 0 aromatic carbocycles. The van der Waals surface area contributed by atoms with E-state index in [9.17, 15) is 14.4 Å². The molecule has 0 fully saturated rings. The molecule has 0 bridgehead atoms. The van der Waals surface area contributed by atoms with Crippen LogP contribution in [0.25, 0.3) is 0 Å². The summed E-state index contributed by atoms with van der Waals surface area (Å²) in [4.78, 5) is 38.1. The lowest BCUT2D eigenvalue weighted by Crippen LogP contribution is -2.30. The van der Waals surface area contributed by atoms with E-state index >= 15 is 0 Å². The summed E-state index contributed by atoms with van der Waals surface area (Å²) in [5.41, 5.74) is 0. The summed E-state index contributed by atoms with van der Waals surface area (Å²) in [5, 5.41) is 0. The predicted octanol–water partition coefficient (Wildman–Crippen LogP) is 21.1. The van der Waals surface area contributed by atoms with Gasteiger partial charge in [-0.25, -0.2) is 0 Å². The minimum Gasteiger partial charge on any atom is -0.462 e. The first kappa shape index (κ1) is 69.6. The predicted molar refractivity (Wildman–Crippen MR) is 316 cm³/mol. The zero-order valence-corrected chi connectivity index (χ0v) is 48.1. The molecule has 1 unspecified atom stereocenters. The number of carbonyl (C=O) groups is 3. The summed E-state index contributed by atoms with van der Waals surface area (Å²) >= 11 is 0. The van der Waals surface area contributed by atoms with Crippen molar-refractivity contribution in [2.24, 2.45) is 0 Å². The van der Waals surface area contributed by atoms with Crippen LogP contribution in [0.3, 0.4) is 0 Å². The van der Waals surface area contributed by atoms with Crippen molar-refractivity contribution in [3.63, 3.8) is 0 Å². The third kappa shape index (κ3) is 59.3. The van der Waals surface area contributed by atoms with E-state index in [4.69, 9.17) is 14.2 Å². The quantitative estimate of drug-likeness (QED) is 0.0261. The third-order valence-electron chi connectivity index (χ3n) is 13.4. The summed E-state index contributed by atoms with van der Waals surface area (Å²) in [7, 11) is 0. The molecule has 1 atom stereocenters. The van der Waals surface area contributed by atoms with Crippen LogP contribution in [0.1, 0.15) is 303 Å². The van der Waals surface area contributed by atoms with E-state index in [2.05, 4.69) is 106 Å². The van der Waals surface area contributed by atoms with Crippen molar-refractivity contribution in [3.8, 4) is 0 Å². The Morgan fingerprint density at radius 2 is 0.534 bits per heavy atom. The van der Waals surface area contributed by atoms with E-state index in [-0.39, 0.29) is 31.1 Å². The molecule has 0 heterocycles. The van der Waals surface area contributed by atoms with Crippen LogP contribution in [0.2, 0.25) is 0 Å². The molecule has 0 radical (unpaired) electrons. The summed E-state index contributed by atoms with van der Waals surface area (Å²) in [6.07, 6.45) is 80.3. The highest BCUT2D eigenvalue weighted by molar-refractivity contribution is 5.71. The monoisotopic (exact) mass is 1020 g/mol. The van der Waals surface area contributed by atoms with Gasteiger partial charge in [0.25, 0.3) is 0 Å². The van der Waals surface area contributed by atoms with E-state index in [1.54, 1.807) is 0 Å². The molecule has 0 aliphatic heterocycles. The molecule has 0 aliphatic carbocycles. The van der Waals surface area contributed by atoms with E-state index in [0.717, 1.165) is 109 Å². The lowest BCUT2D eigenvalue weighted by atomic mass is 10.0. The van der Waals surface area contributed by atoms with Crippen molar-refractivity contribution in [2.45, 2.75) is 309 Å². The maximum absolute atomic E-state index is 12.8. The number of unbranched alkanes of at least 4 members (excludes halogenated alkanes) is 31. The maximum Gasteiger partial charge on any atom is 0.306 e. The van der Waals surface area contributed by atoms with Gasteiger partial charge in [-0.1, -0.05) is 273 Å². The second-order valence-corrected chi connectivity index (χ2v) is 20.6. The third-order valence-corrected chi connectivity index (χ3v) is 13.4. The largest absolute Gasteiger partial charge is 0.462 e. The van der Waals surface area contributed by atoms with E-state index < -0.39 is 6.10 Å². The molecule has 0 amide bonds. The summed E-state index contributed by atoms with van der Waals surface area (Å²) in [5.74, 6) is -0.878. The molecule has 0 spiro atoms. The van der Waals surface area contributed by atoms with Gasteiger partial charge in [0.05, 0.1) is 0 Å². The van der Waals surface area contributed by atoms with Crippen molar-refractivity contribution >= 4 is 17.9 Å². The van der Waals surface area contributed by atoms with Crippen LogP contribution in [0.4, 0.5) is 0 Å². The number of esters is 3. The molecule has 6 heteroatoms. The average Bonchev–Trinajstić information content (AvgIpc) is 3.39. The molecule has 6 nitrogen and oxygen atoms in total. The number of rotatable bonds is 56. The molecule has 420 valence electrons. The van der Waals surface area contributed by atoms with E-state index in [1.165, 1.54) is 154 Å². The Bertz CT molecular complexity index is 1400. The normalized spacial score (nSPS) is 12.6. The Balaban J connectivity index is 4.08. The van der Waals surface area contributed by atoms with Crippen molar-refractivity contribution in [1.29, 1.82) is 0 Å². The fraction of sp³-hybridized carbons (Fsp3) is 0.746. The first-order valence-electron chi connectivity index (χ1n) is 31.1. The Labute approximate surface area is 452 Å². The second kappa shape index (κ2) is 61.1. The first-order valence-corrected chi connectivity index (χ1v) is 31.1. The lowest BCUT2D eigenvalue weighted by Gasteiger charge is -2.18. The fourth-order valence-corrected chi connectivity index (χ4v) is 8.74. The Morgan fingerprint density at radius 1 is 0.288 bits per heavy atom. The van der Waals surface area contributed by atoms with Gasteiger partial charge in [0.15, 0.2) is 6.10 Å². The Hall–Kier alpha value is -3.41. The number of hydrogen-bond donors (Lipinski definition) is 0. The highest BCUT2D eigenvalue weighted by Crippen LogP contribution is 2.16. The summed E-state index contributed by atoms with van der Waals surface area (Å²) in [6, 6.07) is 0. The standard InChI is InChI=1S/C67H116O6/c1-4-7-10-13-16-19-22-24-25-26-27-28-29-30-31-32-33-34-35-36-37-38-39-40-41-42-43-44-46-48-51-54-57-60-66(69)72-63-64(62-71-65(68)59-56-53-50-47-21-18-15-12-9-6-3)73-67(70)61-58-55-52-49-45-23-20-17-14-11-8-5-2/h7,10,16-17,19-20,24-25,27-28,30-31,33-34,64H,4-6,8-9,11-15,18,21-23,26,29,32,35-63H2,1-3H3/b10-7-,19-16-,20-17-,25-24-,28-27-,31-30-,34-33-. The molecular weight excluding hydrogens is 901 g/mol. The number of hydrogen-bond acceptors (Lipinski definition) is 6. The van der Waals surface area contributed by atoms with Gasteiger partial charge in [0, 0.05) is 19.3 Å². The zero-order valence-electron chi connectivity index (χ0n) is 48.1. The fourth-order valence-electron chi connectivity index (χ4n) is 8.74. The van der Waals surface area contributed by atoms with Gasteiger partial charge in [-0.2, -0.15) is 0 Å². The van der Waals surface area contributed by atoms with Crippen LogP contribution < -0.4 is 0 Å². The van der Waals surface area contributed by atoms with Gasteiger partial charge in [-0.3, -0.25) is 14.4 Å². The summed E-state index contributed by atoms with van der Waals surface area (Å²) in [6.45, 7) is 6.50. The van der Waals surface area contributed by atoms with Gasteiger partial charge in [0.1, 0.15) is 13.2 Å². The SMILES string of the molecule is CC/C=C\C/C=C\C/C=C\C/C=C\C/C=C\C/C=C\CCCCCCCCCCCCCCCCC(=O)OCC(COC(=O)CCCCCCCCCCCC)OC(=O)CCCCCCC/C=C\CCCCC. The molecule has 0 rings (SSSR count). The van der Waals surface area contributed by atoms with Gasteiger partial charge >= 0.3 is 17.9 Å². The number of carbonyl (C=O) groups excluding carboxylic acids is 3. The van der Waals surface area contributed by atoms with Crippen molar-refractivity contribution in [1.82, 2.24) is 0 Å². The highest BCUT2D eigenvalue weighted by atomic mass is 16.6. The smallest absolute Gasteiger partial charge is 0.306 e. The molecule has 0 saturated carbocycles. The number of ether oxygens (including phenoxy) is 3. The van der Waals surface area contributed by atoms with Crippen molar-refractivity contribution in [2.75, 3.05) is 13.2 Å². The highest BCUT2D eigenvalue weighted by Gasteiger charge is 2.19. The van der Waals surface area contributed by atoms with Crippen molar-refractivity contribution < 1.29 is 28.6 Å². The molecule has 0 aromatic heterocycles. The minimum absolute atomic E-state index is 0.0755. The van der Waals surface area contributed by atoms with Gasteiger partial charge in [-0.15, -0.1) is 0 Å². The van der Waals surface area contributed by atoms with Crippen molar-refractivity contribution in [3.05, 3.63) is 85.1 Å². The minimum atomic E-state index is -0.776. The topological polar surface area (TPSA) is 78.9 Å². The van der Waals surface area contributed by atoms with E-state index in [0.29, 0.717) is 19.3 Å². The van der Waals surface area contributed by atoms with Crippen LogP contribution in [0.15, 0.2) is 85.1 Å². The van der Waals surface area contributed by atoms with Crippen LogP contribution in [0, 0.1) is 0 Å². The van der Waals surface area contributed by atoms with E-state index in [1.807, 2.05) is 0 Å². The van der Waals surface area contributed by atoms with Crippen LogP contribution in [-0.4, -0.2) is 37.2 Å². The molecule has 0 aromatic rings. The molecule has 0 N–H and O–H groups in total. The molecule has 73 heavy (non-hydrogen) atoms. The van der Waals surface area contributed by atoms with Crippen LogP contribution in [-0.2, 0) is 28.6 Å². The first-order chi connectivity index (χ1) is 36.0. The lowest BCUT2D eigenvalue weighted by molar-refractivity contribution is -0.167. The summed E-state index contributed by atoms with van der Waals surface area (Å²) < 4.78 is 16.8. The van der Waals surface area contributed by atoms with Gasteiger partial charge in [-0.05, 0) is 96.3 Å². The molecule has 0 aliphatic rings. The number of allylic oxidation sites excluding steroid dienone is 14.